The van der Waals surface area contributed by atoms with Crippen molar-refractivity contribution in [2.45, 2.75) is 31.8 Å². The minimum atomic E-state index is -0.175. The van der Waals surface area contributed by atoms with Crippen molar-refractivity contribution < 1.29 is 14.3 Å². The minimum absolute atomic E-state index is 0.0509. The number of nitrogens with one attached hydrogen (secondary N) is 1. The van der Waals surface area contributed by atoms with Crippen LogP contribution in [0.2, 0.25) is 5.02 Å². The van der Waals surface area contributed by atoms with E-state index in [4.69, 9.17) is 16.3 Å². The molecule has 2 aromatic carbocycles. The van der Waals surface area contributed by atoms with E-state index in [1.165, 1.54) is 11.3 Å². The van der Waals surface area contributed by atoms with Crippen LogP contribution in [0.3, 0.4) is 0 Å². The Morgan fingerprint density at radius 2 is 2.03 bits per heavy atom. The van der Waals surface area contributed by atoms with Crippen LogP contribution in [-0.4, -0.2) is 47.4 Å². The number of hydrogen-bond donors (Lipinski definition) is 1. The molecule has 2 heterocycles. The van der Waals surface area contributed by atoms with Crippen molar-refractivity contribution in [3.05, 3.63) is 69.8 Å². The summed E-state index contributed by atoms with van der Waals surface area (Å²) in [5.41, 5.74) is 1.90. The van der Waals surface area contributed by atoms with Crippen LogP contribution in [-0.2, 0) is 0 Å². The van der Waals surface area contributed by atoms with E-state index < -0.39 is 0 Å². The van der Waals surface area contributed by atoms with Crippen LogP contribution in [0.15, 0.2) is 48.5 Å². The number of fused-ring (bicyclic) bond motifs is 1. The Bertz CT molecular complexity index is 1230. The number of carbonyl (C=O) groups excluding carboxylic acids is 2. The summed E-state index contributed by atoms with van der Waals surface area (Å²) in [5.74, 6) is 0.891. The molecule has 8 heteroatoms. The molecule has 3 atom stereocenters. The zero-order chi connectivity index (χ0) is 23.1. The highest BCUT2D eigenvalue weighted by molar-refractivity contribution is 7.15. The lowest BCUT2D eigenvalue weighted by atomic mass is 10.1. The van der Waals surface area contributed by atoms with Gasteiger partial charge >= 0.3 is 0 Å². The molecule has 1 unspecified atom stereocenters. The molecule has 2 aliphatic rings. The largest absolute Gasteiger partial charge is 0.497 e. The summed E-state index contributed by atoms with van der Waals surface area (Å²) in [7, 11) is 1.57. The highest BCUT2D eigenvalue weighted by Gasteiger charge is 2.54. The number of hydrogen-bond acceptors (Lipinski definition) is 5. The molecule has 3 aromatic rings. The highest BCUT2D eigenvalue weighted by atomic mass is 35.5. The molecule has 2 fully saturated rings. The number of aryl methyl sites for hydroxylation is 1. The molecule has 170 valence electrons. The third-order valence-corrected chi connectivity index (χ3v) is 7.55. The number of methoxy groups -OCH3 is 1. The van der Waals surface area contributed by atoms with Crippen LogP contribution in [0.5, 0.6) is 5.75 Å². The monoisotopic (exact) mass is 481 g/mol. The first-order chi connectivity index (χ1) is 15.9. The van der Waals surface area contributed by atoms with E-state index in [2.05, 4.69) is 10.3 Å². The first-order valence-electron chi connectivity index (χ1n) is 10.9. The number of carbonyl (C=O) groups is 2. The zero-order valence-electron chi connectivity index (χ0n) is 18.4. The number of amides is 2. The van der Waals surface area contributed by atoms with Crippen molar-refractivity contribution in [1.82, 2.24) is 15.2 Å². The summed E-state index contributed by atoms with van der Waals surface area (Å²) >= 11 is 7.69. The van der Waals surface area contributed by atoms with Crippen molar-refractivity contribution in [2.24, 2.45) is 5.92 Å². The lowest BCUT2D eigenvalue weighted by molar-refractivity contribution is 0.0684. The molecule has 0 radical (unpaired) electrons. The first-order valence-corrected chi connectivity index (χ1v) is 12.1. The van der Waals surface area contributed by atoms with Gasteiger partial charge in [-0.1, -0.05) is 29.8 Å². The van der Waals surface area contributed by atoms with E-state index in [-0.39, 0.29) is 23.9 Å². The Hall–Kier alpha value is -2.90. The molecular formula is C25H24ClN3O3S. The van der Waals surface area contributed by atoms with Crippen LogP contribution in [0.25, 0.3) is 10.4 Å². The van der Waals surface area contributed by atoms with E-state index in [0.717, 1.165) is 28.3 Å². The highest BCUT2D eigenvalue weighted by Crippen LogP contribution is 2.48. The van der Waals surface area contributed by atoms with Crippen LogP contribution in [0, 0.1) is 12.8 Å². The SMILES string of the molecule is COc1cccc(C(=O)NC[C@@H]2C[C@@H]3CC3N2C(=O)c2nc(C)sc2-c2cccc(Cl)c2)c1. The number of halogens is 1. The fourth-order valence-electron chi connectivity index (χ4n) is 4.65. The van der Waals surface area contributed by atoms with Gasteiger partial charge in [0.25, 0.3) is 11.8 Å². The average Bonchev–Trinajstić information content (AvgIpc) is 3.31. The summed E-state index contributed by atoms with van der Waals surface area (Å²) in [6.07, 6.45) is 1.91. The number of ether oxygens (including phenoxy) is 1. The molecule has 5 rings (SSSR count). The maximum Gasteiger partial charge on any atom is 0.274 e. The fourth-order valence-corrected chi connectivity index (χ4v) is 5.75. The number of thiazole rings is 1. The van der Waals surface area contributed by atoms with Crippen LogP contribution in [0.1, 0.15) is 38.7 Å². The molecule has 1 aliphatic carbocycles. The Morgan fingerprint density at radius 1 is 1.21 bits per heavy atom. The fraction of sp³-hybridized carbons (Fsp3) is 0.320. The number of aromatic nitrogens is 1. The third kappa shape index (κ3) is 4.35. The number of rotatable bonds is 6. The van der Waals surface area contributed by atoms with Gasteiger partial charge < -0.3 is 15.0 Å². The van der Waals surface area contributed by atoms with E-state index in [0.29, 0.717) is 34.5 Å². The van der Waals surface area contributed by atoms with Gasteiger partial charge in [-0.25, -0.2) is 4.98 Å². The van der Waals surface area contributed by atoms with Crippen molar-refractivity contribution >= 4 is 34.8 Å². The standard InChI is InChI=1S/C25H24ClN3O3S/c1-14-28-22(23(33-14)15-5-3-7-18(26)9-15)25(31)29-19(10-17-12-21(17)29)13-27-24(30)16-6-4-8-20(11-16)32-2/h3-9,11,17,19,21H,10,12-13H2,1-2H3,(H,27,30)/t17-,19+,21?/m1/s1. The van der Waals surface area contributed by atoms with E-state index in [1.54, 1.807) is 31.4 Å². The Labute approximate surface area is 201 Å². The minimum Gasteiger partial charge on any atom is -0.497 e. The summed E-state index contributed by atoms with van der Waals surface area (Å²) in [4.78, 5) is 33.8. The lowest BCUT2D eigenvalue weighted by Crippen LogP contribution is -2.45. The maximum atomic E-state index is 13.7. The lowest BCUT2D eigenvalue weighted by Gasteiger charge is -2.27. The predicted molar refractivity (Wildman–Crippen MR) is 129 cm³/mol. The van der Waals surface area contributed by atoms with Crippen LogP contribution < -0.4 is 10.1 Å². The van der Waals surface area contributed by atoms with Gasteiger partial charge in [0, 0.05) is 23.2 Å². The quantitative estimate of drug-likeness (QED) is 0.548. The molecule has 6 nitrogen and oxygen atoms in total. The molecule has 1 saturated carbocycles. The van der Waals surface area contributed by atoms with Crippen molar-refractivity contribution in [3.63, 3.8) is 0 Å². The second kappa shape index (κ2) is 8.80. The van der Waals surface area contributed by atoms with Gasteiger partial charge in [-0.3, -0.25) is 9.59 Å². The van der Waals surface area contributed by atoms with Crippen LogP contribution >= 0.6 is 22.9 Å². The predicted octanol–water partition coefficient (Wildman–Crippen LogP) is 4.81. The van der Waals surface area contributed by atoms with E-state index in [9.17, 15) is 9.59 Å². The summed E-state index contributed by atoms with van der Waals surface area (Å²) in [6.45, 7) is 2.32. The van der Waals surface area contributed by atoms with Crippen molar-refractivity contribution in [2.75, 3.05) is 13.7 Å². The van der Waals surface area contributed by atoms with Gasteiger partial charge in [-0.2, -0.15) is 0 Å². The summed E-state index contributed by atoms with van der Waals surface area (Å²) in [6, 6.07) is 14.7. The number of nitrogens with zero attached hydrogens (tertiary/aromatic N) is 2. The molecule has 0 spiro atoms. The number of benzene rings is 2. The van der Waals surface area contributed by atoms with E-state index in [1.807, 2.05) is 36.1 Å². The van der Waals surface area contributed by atoms with Gasteiger partial charge in [-0.05, 0) is 61.6 Å². The average molecular weight is 482 g/mol. The Morgan fingerprint density at radius 3 is 2.82 bits per heavy atom. The topological polar surface area (TPSA) is 71.5 Å². The van der Waals surface area contributed by atoms with Gasteiger partial charge in [0.05, 0.1) is 23.0 Å². The van der Waals surface area contributed by atoms with Crippen molar-refractivity contribution in [3.8, 4) is 16.2 Å². The number of likely N-dealkylation sites (tertiary alicyclic amines) is 1. The molecule has 1 aromatic heterocycles. The third-order valence-electron chi connectivity index (χ3n) is 6.30. The maximum absolute atomic E-state index is 13.7. The Kier molecular flexibility index (Phi) is 5.85. The van der Waals surface area contributed by atoms with Gasteiger partial charge in [-0.15, -0.1) is 11.3 Å². The van der Waals surface area contributed by atoms with Crippen LogP contribution in [0.4, 0.5) is 0 Å². The molecule has 2 amide bonds. The first kappa shape index (κ1) is 21.9. The summed E-state index contributed by atoms with van der Waals surface area (Å²) in [5, 5.41) is 4.46. The number of piperidine rings is 1. The van der Waals surface area contributed by atoms with Gasteiger partial charge in [0.1, 0.15) is 11.4 Å². The molecule has 0 bridgehead atoms. The normalized spacial score (nSPS) is 20.9. The summed E-state index contributed by atoms with van der Waals surface area (Å²) < 4.78 is 5.21. The Balaban J connectivity index is 1.35. The van der Waals surface area contributed by atoms with E-state index >= 15 is 0 Å². The second-order valence-corrected chi connectivity index (χ2v) is 10.2. The van der Waals surface area contributed by atoms with Crippen molar-refractivity contribution in [1.29, 1.82) is 0 Å². The molecular weight excluding hydrogens is 458 g/mol. The molecule has 33 heavy (non-hydrogen) atoms. The molecule has 1 saturated heterocycles. The van der Waals surface area contributed by atoms with Gasteiger partial charge in [0.15, 0.2) is 0 Å². The second-order valence-electron chi connectivity index (χ2n) is 8.53. The van der Waals surface area contributed by atoms with Gasteiger partial charge in [0.2, 0.25) is 0 Å². The smallest absolute Gasteiger partial charge is 0.274 e. The zero-order valence-corrected chi connectivity index (χ0v) is 19.9. The molecule has 1 aliphatic heterocycles. The molecule has 1 N–H and O–H groups in total.